The number of nitrogens with zero attached hydrogens (tertiary/aromatic N) is 3. The Bertz CT molecular complexity index is 1040. The number of aromatic nitrogens is 3. The number of nitrogens with two attached hydrogens (primary N) is 1. The molecule has 0 aliphatic carbocycles. The van der Waals surface area contributed by atoms with Crippen molar-refractivity contribution in [2.75, 3.05) is 6.61 Å². The number of esters is 1. The molecule has 0 spiro atoms. The number of ether oxygens (including phenoxy) is 1. The highest BCUT2D eigenvalue weighted by atomic mass is 32.2. The van der Waals surface area contributed by atoms with Crippen LogP contribution >= 0.6 is 0 Å². The van der Waals surface area contributed by atoms with E-state index in [-0.39, 0.29) is 10.9 Å². The number of sulfonamides is 1. The van der Waals surface area contributed by atoms with Gasteiger partial charge < -0.3 is 4.74 Å². The summed E-state index contributed by atoms with van der Waals surface area (Å²) in [6.07, 6.45) is 1.76. The summed E-state index contributed by atoms with van der Waals surface area (Å²) >= 11 is 0. The first-order valence-corrected chi connectivity index (χ1v) is 9.71. The van der Waals surface area contributed by atoms with E-state index in [2.05, 4.69) is 10.3 Å². The van der Waals surface area contributed by atoms with E-state index < -0.39 is 10.0 Å². The lowest BCUT2D eigenvalue weighted by Crippen LogP contribution is -2.11. The lowest BCUT2D eigenvalue weighted by Gasteiger charge is -2.04. The average Bonchev–Trinajstić information content (AvgIpc) is 3.10. The average molecular weight is 386 g/mol. The smallest absolute Gasteiger partial charge is 0.338 e. The van der Waals surface area contributed by atoms with E-state index in [9.17, 15) is 13.2 Å². The van der Waals surface area contributed by atoms with Crippen LogP contribution in [0.1, 0.15) is 22.8 Å². The summed E-state index contributed by atoms with van der Waals surface area (Å²) in [5.74, 6) is -0.352. The zero-order valence-electron chi connectivity index (χ0n) is 14.6. The molecular weight excluding hydrogens is 368 g/mol. The fraction of sp³-hybridized carbons (Fsp3) is 0.167. The Balaban J connectivity index is 1.72. The van der Waals surface area contributed by atoms with Crippen molar-refractivity contribution in [3.63, 3.8) is 0 Å². The Labute approximate surface area is 156 Å². The molecule has 0 unspecified atom stereocenters. The maximum absolute atomic E-state index is 11.7. The van der Waals surface area contributed by atoms with Crippen LogP contribution < -0.4 is 5.14 Å². The van der Waals surface area contributed by atoms with E-state index in [4.69, 9.17) is 9.88 Å². The topological polar surface area (TPSA) is 117 Å². The van der Waals surface area contributed by atoms with Crippen molar-refractivity contribution < 1.29 is 17.9 Å². The molecule has 0 bridgehead atoms. The van der Waals surface area contributed by atoms with Crippen LogP contribution in [0, 0.1) is 0 Å². The lowest BCUT2D eigenvalue weighted by atomic mass is 10.1. The maximum atomic E-state index is 11.7. The van der Waals surface area contributed by atoms with Gasteiger partial charge in [-0.2, -0.15) is 0 Å². The first-order chi connectivity index (χ1) is 12.9. The van der Waals surface area contributed by atoms with Gasteiger partial charge in [0, 0.05) is 5.56 Å². The van der Waals surface area contributed by atoms with E-state index in [0.29, 0.717) is 24.4 Å². The van der Waals surface area contributed by atoms with E-state index >= 15 is 0 Å². The van der Waals surface area contributed by atoms with Gasteiger partial charge in [-0.3, -0.25) is 0 Å². The van der Waals surface area contributed by atoms with Gasteiger partial charge in [0.05, 0.1) is 29.8 Å². The van der Waals surface area contributed by atoms with E-state index in [1.165, 1.54) is 12.1 Å². The van der Waals surface area contributed by atoms with Gasteiger partial charge in [0.1, 0.15) is 5.69 Å². The van der Waals surface area contributed by atoms with Crippen LogP contribution in [0.4, 0.5) is 0 Å². The molecule has 27 heavy (non-hydrogen) atoms. The number of primary sulfonamides is 1. The van der Waals surface area contributed by atoms with Crippen molar-refractivity contribution in [2.45, 2.75) is 18.4 Å². The number of hydrogen-bond donors (Lipinski definition) is 1. The van der Waals surface area contributed by atoms with Gasteiger partial charge in [-0.15, -0.1) is 5.10 Å². The first kappa shape index (κ1) is 18.7. The van der Waals surface area contributed by atoms with E-state index in [0.717, 1.165) is 11.1 Å². The Morgan fingerprint density at radius 3 is 2.37 bits per heavy atom. The highest BCUT2D eigenvalue weighted by molar-refractivity contribution is 7.89. The van der Waals surface area contributed by atoms with Gasteiger partial charge in [-0.25, -0.2) is 23.0 Å². The van der Waals surface area contributed by atoms with Crippen LogP contribution in [0.25, 0.3) is 11.3 Å². The van der Waals surface area contributed by atoms with Crippen molar-refractivity contribution in [1.82, 2.24) is 15.0 Å². The summed E-state index contributed by atoms with van der Waals surface area (Å²) in [5.41, 5.74) is 2.78. The van der Waals surface area contributed by atoms with Crippen molar-refractivity contribution in [2.24, 2.45) is 5.14 Å². The van der Waals surface area contributed by atoms with Crippen LogP contribution in [0.5, 0.6) is 0 Å². The summed E-state index contributed by atoms with van der Waals surface area (Å²) in [6.45, 7) is 2.57. The van der Waals surface area contributed by atoms with Crippen LogP contribution in [-0.4, -0.2) is 36.0 Å². The normalized spacial score (nSPS) is 11.3. The summed E-state index contributed by atoms with van der Waals surface area (Å²) in [7, 11) is -3.72. The SMILES string of the molecule is CCOC(=O)c1ccc(Cn2cc(-c3ccc(S(N)(=O)=O)cc3)nn2)cc1. The molecule has 9 heteroatoms. The zero-order chi connectivity index (χ0) is 19.4. The third-order valence-electron chi connectivity index (χ3n) is 3.83. The van der Waals surface area contributed by atoms with Gasteiger partial charge in [0.2, 0.25) is 10.0 Å². The highest BCUT2D eigenvalue weighted by Gasteiger charge is 2.10. The summed E-state index contributed by atoms with van der Waals surface area (Å²) < 4.78 is 29.2. The van der Waals surface area contributed by atoms with Crippen molar-refractivity contribution >= 4 is 16.0 Å². The molecule has 0 aliphatic heterocycles. The summed E-state index contributed by atoms with van der Waals surface area (Å²) in [6, 6.07) is 13.2. The second-order valence-corrected chi connectivity index (χ2v) is 7.35. The third-order valence-corrected chi connectivity index (χ3v) is 4.76. The van der Waals surface area contributed by atoms with Crippen molar-refractivity contribution in [1.29, 1.82) is 0 Å². The first-order valence-electron chi connectivity index (χ1n) is 8.16. The minimum absolute atomic E-state index is 0.0420. The molecule has 1 aromatic heterocycles. The minimum Gasteiger partial charge on any atom is -0.462 e. The van der Waals surface area contributed by atoms with Gasteiger partial charge in [-0.1, -0.05) is 29.5 Å². The molecule has 0 aliphatic rings. The molecule has 0 fully saturated rings. The van der Waals surface area contributed by atoms with E-state index in [1.54, 1.807) is 42.1 Å². The fourth-order valence-electron chi connectivity index (χ4n) is 2.47. The second kappa shape index (κ2) is 7.68. The Hall–Kier alpha value is -3.04. The molecule has 140 valence electrons. The predicted molar refractivity (Wildman–Crippen MR) is 98.3 cm³/mol. The van der Waals surface area contributed by atoms with Gasteiger partial charge in [-0.05, 0) is 36.8 Å². The van der Waals surface area contributed by atoms with Crippen LogP contribution in [0.3, 0.4) is 0 Å². The van der Waals surface area contributed by atoms with Crippen molar-refractivity contribution in [3.8, 4) is 11.3 Å². The number of benzene rings is 2. The van der Waals surface area contributed by atoms with Gasteiger partial charge >= 0.3 is 5.97 Å². The van der Waals surface area contributed by atoms with E-state index in [1.807, 2.05) is 12.1 Å². The summed E-state index contributed by atoms with van der Waals surface area (Å²) in [4.78, 5) is 11.7. The van der Waals surface area contributed by atoms with Crippen LogP contribution in [0.15, 0.2) is 59.6 Å². The molecule has 0 saturated heterocycles. The summed E-state index contributed by atoms with van der Waals surface area (Å²) in [5, 5.41) is 13.3. The molecule has 0 atom stereocenters. The van der Waals surface area contributed by atoms with Crippen molar-refractivity contribution in [3.05, 3.63) is 65.9 Å². The maximum Gasteiger partial charge on any atom is 0.338 e. The molecule has 3 aromatic rings. The largest absolute Gasteiger partial charge is 0.462 e. The standard InChI is InChI=1S/C18H18N4O4S/c1-2-26-18(23)15-5-3-13(4-6-15)11-22-12-17(20-21-22)14-7-9-16(10-8-14)27(19,24)25/h3-10,12H,2,11H2,1H3,(H2,19,24,25). The minimum atomic E-state index is -3.72. The molecule has 2 N–H and O–H groups in total. The molecule has 0 amide bonds. The molecule has 1 heterocycles. The number of rotatable bonds is 6. The molecule has 8 nitrogen and oxygen atoms in total. The lowest BCUT2D eigenvalue weighted by molar-refractivity contribution is 0.0526. The molecule has 3 rings (SSSR count). The second-order valence-electron chi connectivity index (χ2n) is 5.79. The third kappa shape index (κ3) is 4.57. The molecule has 2 aromatic carbocycles. The molecule has 0 saturated carbocycles. The quantitative estimate of drug-likeness (QED) is 0.646. The number of hydrogen-bond acceptors (Lipinski definition) is 6. The Morgan fingerprint density at radius 2 is 1.78 bits per heavy atom. The van der Waals surface area contributed by atoms with Crippen LogP contribution in [0.2, 0.25) is 0 Å². The molecule has 0 radical (unpaired) electrons. The Kier molecular flexibility index (Phi) is 5.33. The molecular formula is C18H18N4O4S. The zero-order valence-corrected chi connectivity index (χ0v) is 15.4. The van der Waals surface area contributed by atoms with Crippen LogP contribution in [-0.2, 0) is 21.3 Å². The highest BCUT2D eigenvalue weighted by Crippen LogP contribution is 2.19. The predicted octanol–water partition coefficient (Wildman–Crippen LogP) is 1.82. The number of carbonyl (C=O) groups excluding carboxylic acids is 1. The monoisotopic (exact) mass is 386 g/mol. The fourth-order valence-corrected chi connectivity index (χ4v) is 2.99. The van der Waals surface area contributed by atoms with Gasteiger partial charge in [0.25, 0.3) is 0 Å². The Morgan fingerprint density at radius 1 is 1.11 bits per heavy atom. The number of carbonyl (C=O) groups is 1. The van der Waals surface area contributed by atoms with Gasteiger partial charge in [0.15, 0.2) is 0 Å².